The van der Waals surface area contributed by atoms with Crippen LogP contribution in [0.1, 0.15) is 56.7 Å². The molecule has 1 fully saturated rings. The van der Waals surface area contributed by atoms with Crippen LogP contribution >= 0.6 is 0 Å². The van der Waals surface area contributed by atoms with Crippen molar-refractivity contribution in [3.8, 4) is 17.5 Å². The highest BCUT2D eigenvalue weighted by atomic mass is 32.2. The van der Waals surface area contributed by atoms with Gasteiger partial charge in [-0.05, 0) is 56.0 Å². The van der Waals surface area contributed by atoms with Crippen molar-refractivity contribution in [2.45, 2.75) is 69.1 Å². The van der Waals surface area contributed by atoms with Gasteiger partial charge in [-0.15, -0.1) is 0 Å². The van der Waals surface area contributed by atoms with E-state index in [1.54, 1.807) is 12.1 Å². The predicted octanol–water partition coefficient (Wildman–Crippen LogP) is 5.42. The summed E-state index contributed by atoms with van der Waals surface area (Å²) in [6.45, 7) is 2.78. The lowest BCUT2D eigenvalue weighted by Crippen LogP contribution is -2.42. The van der Waals surface area contributed by atoms with Gasteiger partial charge in [0.2, 0.25) is 0 Å². The Labute approximate surface area is 198 Å². The number of nitrogens with one attached hydrogen (secondary N) is 1. The third-order valence-electron chi connectivity index (χ3n) is 6.46. The number of rotatable bonds is 6. The molecule has 2 heterocycles. The molecule has 3 aromatic rings. The van der Waals surface area contributed by atoms with E-state index in [0.717, 1.165) is 38.1 Å². The summed E-state index contributed by atoms with van der Waals surface area (Å²) in [6.07, 6.45) is 1.22. The third-order valence-corrected chi connectivity index (χ3v) is 7.98. The van der Waals surface area contributed by atoms with Crippen LogP contribution in [0.5, 0.6) is 0 Å². The molecule has 1 saturated carbocycles. The van der Waals surface area contributed by atoms with Gasteiger partial charge in [0.05, 0.1) is 28.7 Å². The van der Waals surface area contributed by atoms with E-state index in [2.05, 4.69) is 20.3 Å². The molecule has 34 heavy (non-hydrogen) atoms. The number of fused-ring (bicyclic) bond motifs is 1. The molecular formula is C24H26F4N4OS. The first-order chi connectivity index (χ1) is 16.2. The van der Waals surface area contributed by atoms with E-state index in [-0.39, 0.29) is 16.8 Å². The Kier molecular flexibility index (Phi) is 6.90. The average molecular weight is 495 g/mol. The Balaban J connectivity index is 1.81. The summed E-state index contributed by atoms with van der Waals surface area (Å²) in [5.41, 5.74) is 2.63. The van der Waals surface area contributed by atoms with Gasteiger partial charge in [-0.3, -0.25) is 0 Å². The highest BCUT2D eigenvalue weighted by Crippen LogP contribution is 2.41. The van der Waals surface area contributed by atoms with Crippen molar-refractivity contribution in [3.63, 3.8) is 0 Å². The lowest BCUT2D eigenvalue weighted by Gasteiger charge is -2.27. The number of nitriles is 1. The van der Waals surface area contributed by atoms with Crippen LogP contribution in [0.4, 0.5) is 17.6 Å². The summed E-state index contributed by atoms with van der Waals surface area (Å²) in [4.78, 5) is 4.54. The number of aromatic nitrogens is 2. The molecule has 1 aliphatic rings. The van der Waals surface area contributed by atoms with Crippen LogP contribution < -0.4 is 4.72 Å². The zero-order chi connectivity index (χ0) is 24.6. The fourth-order valence-electron chi connectivity index (χ4n) is 4.58. The van der Waals surface area contributed by atoms with E-state index >= 15 is 0 Å². The smallest absolute Gasteiger partial charge is 0.407 e. The van der Waals surface area contributed by atoms with Crippen molar-refractivity contribution in [1.29, 1.82) is 5.26 Å². The lowest BCUT2D eigenvalue weighted by atomic mass is 10.1. The maximum absolute atomic E-state index is 14.6. The second-order valence-electron chi connectivity index (χ2n) is 8.63. The first kappa shape index (κ1) is 24.5. The van der Waals surface area contributed by atoms with Gasteiger partial charge in [0.25, 0.3) is 0 Å². The van der Waals surface area contributed by atoms with Crippen molar-refractivity contribution >= 4 is 22.3 Å². The lowest BCUT2D eigenvalue weighted by molar-refractivity contribution is -0.147. The normalized spacial score (nSPS) is 16.1. The van der Waals surface area contributed by atoms with Crippen LogP contribution in [0.2, 0.25) is 0 Å². The Bertz CT molecular complexity index is 1230. The number of nitrogens with zero attached hydrogens (tertiary/aromatic N) is 3. The van der Waals surface area contributed by atoms with Gasteiger partial charge in [-0.25, -0.2) is 25.5 Å². The minimum Gasteiger partial charge on any atom is -0.667 e. The van der Waals surface area contributed by atoms with Gasteiger partial charge in [0.1, 0.15) is 22.8 Å². The summed E-state index contributed by atoms with van der Waals surface area (Å²) >= 11 is -2.93. The zero-order valence-corrected chi connectivity index (χ0v) is 19.8. The monoisotopic (exact) mass is 494 g/mol. The van der Waals surface area contributed by atoms with Gasteiger partial charge in [0, 0.05) is 11.4 Å². The number of aryl methyl sites for hydroxylation is 1. The molecule has 182 valence electrons. The summed E-state index contributed by atoms with van der Waals surface area (Å²) < 4.78 is 69.7. The average Bonchev–Trinajstić information content (AvgIpc) is 3.43. The minimum atomic E-state index is -4.51. The topological polar surface area (TPSA) is 76.7 Å². The zero-order valence-electron chi connectivity index (χ0n) is 18.8. The summed E-state index contributed by atoms with van der Waals surface area (Å²) in [5, 5.41) is 10.5. The van der Waals surface area contributed by atoms with Crippen LogP contribution in [0.3, 0.4) is 0 Å². The van der Waals surface area contributed by atoms with Crippen LogP contribution in [0.15, 0.2) is 35.4 Å². The van der Waals surface area contributed by atoms with Crippen LogP contribution in [0.25, 0.3) is 22.3 Å². The molecule has 0 radical (unpaired) electrons. The highest BCUT2D eigenvalue weighted by Gasteiger charge is 2.37. The Morgan fingerprint density at radius 3 is 2.56 bits per heavy atom. The van der Waals surface area contributed by atoms with E-state index in [0.29, 0.717) is 34.3 Å². The summed E-state index contributed by atoms with van der Waals surface area (Å²) in [7, 11) is 0. The quantitative estimate of drug-likeness (QED) is 0.367. The first-order valence-electron chi connectivity index (χ1n) is 11.3. The van der Waals surface area contributed by atoms with Gasteiger partial charge < -0.3 is 9.12 Å². The molecule has 0 spiro atoms. The third kappa shape index (κ3) is 4.52. The molecule has 1 aromatic carbocycles. The van der Waals surface area contributed by atoms with E-state index in [1.807, 2.05) is 6.92 Å². The number of pyridine rings is 1. The molecule has 10 heteroatoms. The molecule has 0 bridgehead atoms. The highest BCUT2D eigenvalue weighted by molar-refractivity contribution is 7.89. The van der Waals surface area contributed by atoms with Gasteiger partial charge >= 0.3 is 6.18 Å². The molecule has 0 unspecified atom stereocenters. The number of halogens is 4. The Morgan fingerprint density at radius 2 is 2.00 bits per heavy atom. The second kappa shape index (κ2) is 9.56. The number of hydrogen-bond acceptors (Lipinski definition) is 4. The second-order valence-corrected chi connectivity index (χ2v) is 10.2. The molecule has 1 aliphatic carbocycles. The largest absolute Gasteiger partial charge is 0.667 e. The maximum Gasteiger partial charge on any atom is 0.407 e. The number of benzene rings is 1. The Hall–Kier alpha value is -2.61. The molecular weight excluding hydrogens is 468 g/mol. The fourth-order valence-corrected chi connectivity index (χ4v) is 5.72. The molecule has 1 atom stereocenters. The van der Waals surface area contributed by atoms with E-state index in [9.17, 15) is 27.4 Å². The fraction of sp³-hybridized carbons (Fsp3) is 0.417. The molecule has 0 amide bonds. The van der Waals surface area contributed by atoms with E-state index < -0.39 is 23.6 Å². The van der Waals surface area contributed by atoms with Crippen LogP contribution in [0, 0.1) is 17.1 Å². The van der Waals surface area contributed by atoms with Crippen LogP contribution in [-0.4, -0.2) is 26.3 Å². The molecule has 0 saturated heterocycles. The minimum absolute atomic E-state index is 0.129. The Morgan fingerprint density at radius 1 is 1.29 bits per heavy atom. The van der Waals surface area contributed by atoms with Gasteiger partial charge in [0.15, 0.2) is 0 Å². The number of alkyl halides is 3. The molecule has 2 aromatic heterocycles. The predicted molar refractivity (Wildman–Crippen MR) is 125 cm³/mol. The molecule has 0 aliphatic heterocycles. The van der Waals surface area contributed by atoms with E-state index in [4.69, 9.17) is 0 Å². The number of hydrogen-bond donors (Lipinski definition) is 1. The van der Waals surface area contributed by atoms with E-state index in [1.165, 1.54) is 18.3 Å². The first-order valence-corrected chi connectivity index (χ1v) is 12.7. The van der Waals surface area contributed by atoms with Crippen molar-refractivity contribution < 1.29 is 22.1 Å². The van der Waals surface area contributed by atoms with Crippen molar-refractivity contribution in [2.75, 3.05) is 0 Å². The van der Waals surface area contributed by atoms with Crippen molar-refractivity contribution in [1.82, 2.24) is 14.3 Å². The van der Waals surface area contributed by atoms with Crippen molar-refractivity contribution in [2.24, 2.45) is 0 Å². The van der Waals surface area contributed by atoms with Crippen molar-refractivity contribution in [3.05, 3.63) is 47.4 Å². The SMILES string of the molecule is CCc1cc2c(cc1F)c(C#N)c(-c1ccc([SH2+]([O-])N[C@@H](C)C(F)(F)F)cn1)n2C1CCCC1. The molecule has 5 nitrogen and oxygen atoms in total. The maximum atomic E-state index is 14.6. The molecule has 1 N–H and O–H groups in total. The van der Waals surface area contributed by atoms with Gasteiger partial charge in [-0.1, -0.05) is 19.8 Å². The van der Waals surface area contributed by atoms with Crippen LogP contribution in [-0.2, 0) is 17.8 Å². The van der Waals surface area contributed by atoms with Gasteiger partial charge in [-0.2, -0.15) is 18.4 Å². The standard InChI is InChI=1S/C24H26F4N4OS/c1-3-15-10-22-18(11-20(15)25)19(12-29)23(32(22)16-6-4-5-7-16)21-9-8-17(13-30-21)34(33)31-14(2)24(26,27)28/h8-11,13-14,16,31H,3-7,34H2,1-2H3/t14-/m0/s1. The molecule has 4 rings (SSSR count). The summed E-state index contributed by atoms with van der Waals surface area (Å²) in [5.74, 6) is -0.367. The summed E-state index contributed by atoms with van der Waals surface area (Å²) in [6, 6.07) is 6.64.